The van der Waals surface area contributed by atoms with Crippen LogP contribution in [0.4, 0.5) is 5.69 Å². The third-order valence-corrected chi connectivity index (χ3v) is 3.42. The van der Waals surface area contributed by atoms with Crippen molar-refractivity contribution in [3.05, 3.63) is 59.7 Å². The minimum Gasteiger partial charge on any atom is -0.493 e. The lowest BCUT2D eigenvalue weighted by Gasteiger charge is -2.10. The fourth-order valence-corrected chi connectivity index (χ4v) is 2.22. The molecule has 2 aromatic rings. The Hall–Kier alpha value is -1.81. The second-order valence-electron chi connectivity index (χ2n) is 4.22. The van der Waals surface area contributed by atoms with Crippen molar-refractivity contribution in [1.82, 2.24) is 0 Å². The number of para-hydroxylation sites is 1. The number of anilines is 1. The number of amides is 1. The molecule has 0 spiro atoms. The first-order chi connectivity index (χ1) is 9.74. The van der Waals surface area contributed by atoms with Crippen LogP contribution in [0.25, 0.3) is 0 Å². The van der Waals surface area contributed by atoms with Crippen LogP contribution in [-0.2, 0) is 5.33 Å². The van der Waals surface area contributed by atoms with Crippen molar-refractivity contribution < 1.29 is 9.53 Å². The Balaban J connectivity index is 2.19. The van der Waals surface area contributed by atoms with Gasteiger partial charge in [0.25, 0.3) is 5.91 Å². The number of benzene rings is 2. The van der Waals surface area contributed by atoms with Crippen LogP contribution in [0.5, 0.6) is 5.75 Å². The van der Waals surface area contributed by atoms with E-state index in [-0.39, 0.29) is 5.91 Å². The fraction of sp³-hybridized carbons (Fsp3) is 0.188. The van der Waals surface area contributed by atoms with Crippen molar-refractivity contribution in [2.45, 2.75) is 12.3 Å². The largest absolute Gasteiger partial charge is 0.493 e. The third-order valence-electron chi connectivity index (χ3n) is 2.77. The van der Waals surface area contributed by atoms with Gasteiger partial charge in [0.2, 0.25) is 0 Å². The van der Waals surface area contributed by atoms with Crippen LogP contribution in [0.3, 0.4) is 0 Å². The van der Waals surface area contributed by atoms with E-state index in [1.54, 1.807) is 12.1 Å². The smallest absolute Gasteiger partial charge is 0.259 e. The summed E-state index contributed by atoms with van der Waals surface area (Å²) in [5, 5.41) is 3.65. The van der Waals surface area contributed by atoms with Gasteiger partial charge in [-0.3, -0.25) is 4.79 Å². The van der Waals surface area contributed by atoms with E-state index in [9.17, 15) is 4.79 Å². The van der Waals surface area contributed by atoms with Crippen LogP contribution in [-0.4, -0.2) is 12.5 Å². The predicted octanol–water partition coefficient (Wildman–Crippen LogP) is 4.23. The number of nitrogens with one attached hydrogen (secondary N) is 1. The first-order valence-corrected chi connectivity index (χ1v) is 7.55. The van der Waals surface area contributed by atoms with Crippen LogP contribution < -0.4 is 10.1 Å². The van der Waals surface area contributed by atoms with Gasteiger partial charge in [0.1, 0.15) is 5.75 Å². The summed E-state index contributed by atoms with van der Waals surface area (Å²) in [6.07, 6.45) is 0. The molecule has 0 aliphatic heterocycles. The van der Waals surface area contributed by atoms with Gasteiger partial charge in [-0.25, -0.2) is 0 Å². The van der Waals surface area contributed by atoms with E-state index in [1.807, 2.05) is 43.3 Å². The Kier molecular flexibility index (Phi) is 5.18. The first kappa shape index (κ1) is 14.6. The molecule has 0 saturated carbocycles. The Bertz CT molecular complexity index is 599. The van der Waals surface area contributed by atoms with Gasteiger partial charge in [-0.2, -0.15) is 0 Å². The molecule has 0 radical (unpaired) electrons. The molecule has 1 amide bonds. The van der Waals surface area contributed by atoms with Crippen LogP contribution in [0.15, 0.2) is 48.5 Å². The number of halogens is 1. The minimum atomic E-state index is -0.166. The molecule has 0 aliphatic carbocycles. The lowest BCUT2D eigenvalue weighted by atomic mass is 10.1. The summed E-state index contributed by atoms with van der Waals surface area (Å²) in [7, 11) is 0. The highest BCUT2D eigenvalue weighted by molar-refractivity contribution is 9.08. The summed E-state index contributed by atoms with van der Waals surface area (Å²) in [5.41, 5.74) is 2.43. The van der Waals surface area contributed by atoms with Crippen LogP contribution in [0.1, 0.15) is 22.8 Å². The standard InChI is InChI=1S/C16H16BrNO2/c1-2-20-15-9-4-3-8-14(15)16(19)18-13-7-5-6-12(10-13)11-17/h3-10H,2,11H2,1H3,(H,18,19). The van der Waals surface area contributed by atoms with E-state index in [2.05, 4.69) is 21.2 Å². The molecular weight excluding hydrogens is 318 g/mol. The SMILES string of the molecule is CCOc1ccccc1C(=O)Nc1cccc(CBr)c1. The molecule has 3 nitrogen and oxygen atoms in total. The van der Waals surface area contributed by atoms with Gasteiger partial charge >= 0.3 is 0 Å². The number of carbonyl (C=O) groups excluding carboxylic acids is 1. The zero-order valence-corrected chi connectivity index (χ0v) is 12.8. The van der Waals surface area contributed by atoms with E-state index in [0.29, 0.717) is 17.9 Å². The zero-order chi connectivity index (χ0) is 14.4. The van der Waals surface area contributed by atoms with E-state index >= 15 is 0 Å². The van der Waals surface area contributed by atoms with Gasteiger partial charge in [0.05, 0.1) is 12.2 Å². The number of hydrogen-bond acceptors (Lipinski definition) is 2. The van der Waals surface area contributed by atoms with Crippen molar-refractivity contribution in [2.24, 2.45) is 0 Å². The summed E-state index contributed by atoms with van der Waals surface area (Å²) in [5.74, 6) is 0.435. The monoisotopic (exact) mass is 333 g/mol. The van der Waals surface area contributed by atoms with Gasteiger partial charge in [-0.15, -0.1) is 0 Å². The van der Waals surface area contributed by atoms with Crippen LogP contribution in [0, 0.1) is 0 Å². The predicted molar refractivity (Wildman–Crippen MR) is 84.6 cm³/mol. The molecule has 2 rings (SSSR count). The second-order valence-corrected chi connectivity index (χ2v) is 4.78. The number of alkyl halides is 1. The molecule has 0 aromatic heterocycles. The molecule has 0 unspecified atom stereocenters. The topological polar surface area (TPSA) is 38.3 Å². The molecule has 0 fully saturated rings. The average molecular weight is 334 g/mol. The Morgan fingerprint density at radius 3 is 2.75 bits per heavy atom. The molecule has 2 aromatic carbocycles. The van der Waals surface area contributed by atoms with Gasteiger partial charge in [-0.05, 0) is 36.8 Å². The Morgan fingerprint density at radius 2 is 2.00 bits per heavy atom. The van der Waals surface area contributed by atoms with Crippen molar-refractivity contribution in [3.8, 4) is 5.75 Å². The maximum atomic E-state index is 12.3. The Labute approximate surface area is 127 Å². The van der Waals surface area contributed by atoms with Gasteiger partial charge < -0.3 is 10.1 Å². The quantitative estimate of drug-likeness (QED) is 0.831. The van der Waals surface area contributed by atoms with Crippen LogP contribution >= 0.6 is 15.9 Å². The second kappa shape index (κ2) is 7.10. The van der Waals surface area contributed by atoms with E-state index in [4.69, 9.17) is 4.74 Å². The van der Waals surface area contributed by atoms with Crippen molar-refractivity contribution in [2.75, 3.05) is 11.9 Å². The minimum absolute atomic E-state index is 0.166. The van der Waals surface area contributed by atoms with Crippen molar-refractivity contribution in [3.63, 3.8) is 0 Å². The number of hydrogen-bond donors (Lipinski definition) is 1. The molecule has 0 heterocycles. The molecule has 0 saturated heterocycles. The lowest BCUT2D eigenvalue weighted by molar-refractivity contribution is 0.102. The zero-order valence-electron chi connectivity index (χ0n) is 11.2. The lowest BCUT2D eigenvalue weighted by Crippen LogP contribution is -2.13. The average Bonchev–Trinajstić information content (AvgIpc) is 2.48. The molecule has 104 valence electrons. The van der Waals surface area contributed by atoms with Gasteiger partial charge in [0.15, 0.2) is 0 Å². The van der Waals surface area contributed by atoms with Gasteiger partial charge in [0, 0.05) is 11.0 Å². The summed E-state index contributed by atoms with van der Waals surface area (Å²) >= 11 is 3.40. The molecule has 0 atom stereocenters. The highest BCUT2D eigenvalue weighted by atomic mass is 79.9. The van der Waals surface area contributed by atoms with Gasteiger partial charge in [-0.1, -0.05) is 40.2 Å². The van der Waals surface area contributed by atoms with E-state index in [0.717, 1.165) is 16.6 Å². The highest BCUT2D eigenvalue weighted by Gasteiger charge is 2.12. The molecule has 0 bridgehead atoms. The third kappa shape index (κ3) is 3.61. The van der Waals surface area contributed by atoms with E-state index < -0.39 is 0 Å². The van der Waals surface area contributed by atoms with E-state index in [1.165, 1.54) is 0 Å². The van der Waals surface area contributed by atoms with Crippen LogP contribution in [0.2, 0.25) is 0 Å². The summed E-state index contributed by atoms with van der Waals surface area (Å²) < 4.78 is 5.47. The highest BCUT2D eigenvalue weighted by Crippen LogP contribution is 2.20. The maximum Gasteiger partial charge on any atom is 0.259 e. The summed E-state index contributed by atoms with van der Waals surface area (Å²) in [6, 6.07) is 15.0. The number of rotatable bonds is 5. The normalized spacial score (nSPS) is 10.1. The number of carbonyl (C=O) groups is 1. The Morgan fingerprint density at radius 1 is 1.20 bits per heavy atom. The number of ether oxygens (including phenoxy) is 1. The van der Waals surface area contributed by atoms with Crippen molar-refractivity contribution >= 4 is 27.5 Å². The summed E-state index contributed by atoms with van der Waals surface area (Å²) in [4.78, 5) is 12.3. The summed E-state index contributed by atoms with van der Waals surface area (Å²) in [6.45, 7) is 2.43. The fourth-order valence-electron chi connectivity index (χ4n) is 1.87. The molecule has 1 N–H and O–H groups in total. The molecule has 20 heavy (non-hydrogen) atoms. The molecule has 0 aliphatic rings. The maximum absolute atomic E-state index is 12.3. The van der Waals surface area contributed by atoms with Crippen molar-refractivity contribution in [1.29, 1.82) is 0 Å². The molecule has 4 heteroatoms. The first-order valence-electron chi connectivity index (χ1n) is 6.42. The molecular formula is C16H16BrNO2.